The summed E-state index contributed by atoms with van der Waals surface area (Å²) >= 11 is 0. The molecule has 106 valence electrons. The lowest BCUT2D eigenvalue weighted by atomic mass is 10.1. The SMILES string of the molecule is COC(=O)c1cccn2nc(CC3CCCCO3)nc12. The van der Waals surface area contributed by atoms with Gasteiger partial charge in [-0.3, -0.25) is 0 Å². The van der Waals surface area contributed by atoms with Crippen molar-refractivity contribution in [2.45, 2.75) is 31.8 Å². The normalized spacial score (nSPS) is 19.1. The van der Waals surface area contributed by atoms with Crippen LogP contribution in [0.25, 0.3) is 5.65 Å². The van der Waals surface area contributed by atoms with Crippen molar-refractivity contribution in [2.75, 3.05) is 13.7 Å². The molecule has 1 atom stereocenters. The Hall–Kier alpha value is -1.95. The molecular formula is C14H17N3O3. The van der Waals surface area contributed by atoms with Gasteiger partial charge in [-0.25, -0.2) is 14.3 Å². The number of aromatic nitrogens is 3. The quantitative estimate of drug-likeness (QED) is 0.796. The molecule has 20 heavy (non-hydrogen) atoms. The maximum absolute atomic E-state index is 11.7. The molecule has 0 aliphatic carbocycles. The van der Waals surface area contributed by atoms with Gasteiger partial charge in [0, 0.05) is 19.2 Å². The maximum Gasteiger partial charge on any atom is 0.341 e. The van der Waals surface area contributed by atoms with Crippen molar-refractivity contribution in [1.29, 1.82) is 0 Å². The number of carbonyl (C=O) groups is 1. The third-order valence-corrected chi connectivity index (χ3v) is 3.50. The summed E-state index contributed by atoms with van der Waals surface area (Å²) in [6.07, 6.45) is 6.00. The van der Waals surface area contributed by atoms with Crippen LogP contribution in [0.1, 0.15) is 35.4 Å². The van der Waals surface area contributed by atoms with Gasteiger partial charge in [-0.2, -0.15) is 5.10 Å². The van der Waals surface area contributed by atoms with Crippen LogP contribution in [0.2, 0.25) is 0 Å². The van der Waals surface area contributed by atoms with E-state index in [4.69, 9.17) is 9.47 Å². The Labute approximate surface area is 116 Å². The summed E-state index contributed by atoms with van der Waals surface area (Å²) in [5.74, 6) is 0.303. The van der Waals surface area contributed by atoms with Gasteiger partial charge in [0.05, 0.1) is 13.2 Å². The fourth-order valence-electron chi connectivity index (χ4n) is 2.48. The highest BCUT2D eigenvalue weighted by molar-refractivity contribution is 5.95. The predicted octanol–water partition coefficient (Wildman–Crippen LogP) is 1.63. The number of ether oxygens (including phenoxy) is 2. The number of esters is 1. The lowest BCUT2D eigenvalue weighted by molar-refractivity contribution is 0.0157. The fraction of sp³-hybridized carbons (Fsp3) is 0.500. The molecule has 6 nitrogen and oxygen atoms in total. The Balaban J connectivity index is 1.88. The van der Waals surface area contributed by atoms with Crippen LogP contribution in [0.4, 0.5) is 0 Å². The summed E-state index contributed by atoms with van der Waals surface area (Å²) in [6.45, 7) is 0.811. The maximum atomic E-state index is 11.7. The van der Waals surface area contributed by atoms with Crippen LogP contribution in [0.5, 0.6) is 0 Å². The Morgan fingerprint density at radius 1 is 1.55 bits per heavy atom. The van der Waals surface area contributed by atoms with Gasteiger partial charge in [0.15, 0.2) is 11.5 Å². The molecule has 1 aliphatic rings. The minimum Gasteiger partial charge on any atom is -0.465 e. The van der Waals surface area contributed by atoms with E-state index in [9.17, 15) is 4.79 Å². The van der Waals surface area contributed by atoms with E-state index in [2.05, 4.69) is 10.1 Å². The second-order valence-electron chi connectivity index (χ2n) is 4.90. The molecule has 0 saturated carbocycles. The van der Waals surface area contributed by atoms with Crippen LogP contribution >= 0.6 is 0 Å². The Kier molecular flexibility index (Phi) is 3.64. The standard InChI is InChI=1S/C14H17N3O3/c1-19-14(18)11-6-4-7-17-13(11)15-12(16-17)9-10-5-2-3-8-20-10/h4,6-7,10H,2-3,5,8-9H2,1H3. The van der Waals surface area contributed by atoms with Crippen LogP contribution in [0.3, 0.4) is 0 Å². The second-order valence-corrected chi connectivity index (χ2v) is 4.90. The van der Waals surface area contributed by atoms with Crippen LogP contribution < -0.4 is 0 Å². The molecule has 0 amide bonds. The summed E-state index contributed by atoms with van der Waals surface area (Å²) in [6, 6.07) is 3.45. The van der Waals surface area contributed by atoms with E-state index >= 15 is 0 Å². The zero-order chi connectivity index (χ0) is 13.9. The van der Waals surface area contributed by atoms with Crippen molar-refractivity contribution in [2.24, 2.45) is 0 Å². The predicted molar refractivity (Wildman–Crippen MR) is 71.6 cm³/mol. The molecule has 1 unspecified atom stereocenters. The third kappa shape index (κ3) is 2.51. The molecule has 0 radical (unpaired) electrons. The molecule has 0 spiro atoms. The first-order valence-corrected chi connectivity index (χ1v) is 6.82. The lowest BCUT2D eigenvalue weighted by Gasteiger charge is -2.20. The number of fused-ring (bicyclic) bond motifs is 1. The minimum absolute atomic E-state index is 0.183. The van der Waals surface area contributed by atoms with E-state index in [1.54, 1.807) is 22.8 Å². The summed E-state index contributed by atoms with van der Waals surface area (Å²) in [4.78, 5) is 16.1. The van der Waals surface area contributed by atoms with Gasteiger partial charge < -0.3 is 9.47 Å². The first-order chi connectivity index (χ1) is 9.78. The van der Waals surface area contributed by atoms with Crippen LogP contribution in [0, 0.1) is 0 Å². The summed E-state index contributed by atoms with van der Waals surface area (Å²) < 4.78 is 12.1. The smallest absolute Gasteiger partial charge is 0.341 e. The van der Waals surface area contributed by atoms with Crippen molar-refractivity contribution in [3.05, 3.63) is 29.7 Å². The third-order valence-electron chi connectivity index (χ3n) is 3.50. The molecule has 3 heterocycles. The molecule has 1 saturated heterocycles. The highest BCUT2D eigenvalue weighted by Gasteiger charge is 2.19. The molecule has 1 fully saturated rings. The van der Waals surface area contributed by atoms with Crippen LogP contribution in [-0.2, 0) is 15.9 Å². The number of nitrogens with zero attached hydrogens (tertiary/aromatic N) is 3. The largest absolute Gasteiger partial charge is 0.465 e. The van der Waals surface area contributed by atoms with E-state index < -0.39 is 5.97 Å². The molecule has 6 heteroatoms. The highest BCUT2D eigenvalue weighted by atomic mass is 16.5. The Morgan fingerprint density at radius 2 is 2.45 bits per heavy atom. The van der Waals surface area contributed by atoms with Gasteiger partial charge in [0.25, 0.3) is 0 Å². The number of carbonyl (C=O) groups excluding carboxylic acids is 1. The monoisotopic (exact) mass is 275 g/mol. The number of rotatable bonds is 3. The van der Waals surface area contributed by atoms with Crippen LogP contribution in [-0.4, -0.2) is 40.4 Å². The summed E-state index contributed by atoms with van der Waals surface area (Å²) in [5.41, 5.74) is 0.962. The zero-order valence-corrected chi connectivity index (χ0v) is 11.4. The molecule has 0 bridgehead atoms. The fourth-order valence-corrected chi connectivity index (χ4v) is 2.48. The van der Waals surface area contributed by atoms with Crippen molar-refractivity contribution < 1.29 is 14.3 Å². The summed E-state index contributed by atoms with van der Waals surface area (Å²) in [5, 5.41) is 4.40. The van der Waals surface area contributed by atoms with E-state index in [-0.39, 0.29) is 6.10 Å². The van der Waals surface area contributed by atoms with Gasteiger partial charge in [0.2, 0.25) is 0 Å². The van der Waals surface area contributed by atoms with E-state index in [0.717, 1.165) is 19.4 Å². The molecule has 2 aromatic rings. The van der Waals surface area contributed by atoms with Crippen LogP contribution in [0.15, 0.2) is 18.3 Å². The summed E-state index contributed by atoms with van der Waals surface area (Å²) in [7, 11) is 1.36. The van der Waals surface area contributed by atoms with E-state index in [0.29, 0.717) is 23.5 Å². The molecule has 0 N–H and O–H groups in total. The number of methoxy groups -OCH3 is 1. The van der Waals surface area contributed by atoms with Crippen molar-refractivity contribution in [1.82, 2.24) is 14.6 Å². The van der Waals surface area contributed by atoms with Crippen molar-refractivity contribution in [3.8, 4) is 0 Å². The van der Waals surface area contributed by atoms with Crippen molar-refractivity contribution in [3.63, 3.8) is 0 Å². The van der Waals surface area contributed by atoms with Crippen molar-refractivity contribution >= 4 is 11.6 Å². The lowest BCUT2D eigenvalue weighted by Crippen LogP contribution is -2.21. The molecule has 0 aromatic carbocycles. The van der Waals surface area contributed by atoms with Gasteiger partial charge in [-0.05, 0) is 31.4 Å². The Bertz CT molecular complexity index is 617. The van der Waals surface area contributed by atoms with Gasteiger partial charge in [0.1, 0.15) is 5.56 Å². The molecular weight excluding hydrogens is 258 g/mol. The topological polar surface area (TPSA) is 65.7 Å². The Morgan fingerprint density at radius 3 is 3.20 bits per heavy atom. The molecule has 3 rings (SSSR count). The highest BCUT2D eigenvalue weighted by Crippen LogP contribution is 2.17. The average molecular weight is 275 g/mol. The number of hydrogen-bond acceptors (Lipinski definition) is 5. The van der Waals surface area contributed by atoms with Gasteiger partial charge >= 0.3 is 5.97 Å². The number of pyridine rings is 1. The van der Waals surface area contributed by atoms with E-state index in [1.807, 2.05) is 0 Å². The molecule has 2 aromatic heterocycles. The molecule has 1 aliphatic heterocycles. The number of hydrogen-bond donors (Lipinski definition) is 0. The first-order valence-electron chi connectivity index (χ1n) is 6.82. The van der Waals surface area contributed by atoms with Gasteiger partial charge in [-0.15, -0.1) is 0 Å². The van der Waals surface area contributed by atoms with E-state index in [1.165, 1.54) is 13.5 Å². The zero-order valence-electron chi connectivity index (χ0n) is 11.4. The minimum atomic E-state index is -0.400. The van der Waals surface area contributed by atoms with Gasteiger partial charge in [-0.1, -0.05) is 0 Å². The average Bonchev–Trinajstić information content (AvgIpc) is 2.89. The first kappa shape index (κ1) is 13.1. The second kappa shape index (κ2) is 5.58.